The maximum absolute atomic E-state index is 13.2. The van der Waals surface area contributed by atoms with Crippen molar-refractivity contribution in [1.82, 2.24) is 0 Å². The Kier molecular flexibility index (Phi) is 14.4. The molecular formula is C30H44O14. The van der Waals surface area contributed by atoms with Crippen LogP contribution in [-0.2, 0) is 68.4 Å². The molecule has 0 spiro atoms. The van der Waals surface area contributed by atoms with Crippen LogP contribution in [0.25, 0.3) is 0 Å². The van der Waals surface area contributed by atoms with Crippen LogP contribution in [0.3, 0.4) is 0 Å². The standard InChI is InChI=1S/C30H44O14/c1-7-8-14-38-26-25(36-5)22(20(16-39-17(2)31)42-29(26)37-6)43-30-27(41-18(3)32)23(35-4)21(33)24(44-30)28(34)40-15-19-12-10-9-11-13-19/h9-13,20-27,29-30,33H,7-8,14-16H2,1-6H3/t20?,21-,22+,23?,24?,25?,26?,27?,29-,30+/m0/s1. The van der Waals surface area contributed by atoms with E-state index in [0.717, 1.165) is 18.4 Å². The molecule has 0 aromatic heterocycles. The van der Waals surface area contributed by atoms with Gasteiger partial charge in [0.05, 0.1) is 0 Å². The number of rotatable bonds is 15. The smallest absolute Gasteiger partial charge is 0.338 e. The minimum absolute atomic E-state index is 0.0787. The molecule has 1 aromatic carbocycles. The first-order valence-corrected chi connectivity index (χ1v) is 14.5. The van der Waals surface area contributed by atoms with Crippen molar-refractivity contribution in [2.75, 3.05) is 34.5 Å². The van der Waals surface area contributed by atoms with Gasteiger partial charge in [-0.05, 0) is 12.0 Å². The second kappa shape index (κ2) is 17.7. The van der Waals surface area contributed by atoms with E-state index in [4.69, 9.17) is 47.4 Å². The van der Waals surface area contributed by atoms with Crippen molar-refractivity contribution in [1.29, 1.82) is 0 Å². The monoisotopic (exact) mass is 628 g/mol. The molecule has 2 aliphatic heterocycles. The highest BCUT2D eigenvalue weighted by Crippen LogP contribution is 2.34. The lowest BCUT2D eigenvalue weighted by atomic mass is 9.96. The van der Waals surface area contributed by atoms with Gasteiger partial charge < -0.3 is 52.5 Å². The minimum atomic E-state index is -1.59. The molecule has 6 unspecified atom stereocenters. The van der Waals surface area contributed by atoms with Crippen molar-refractivity contribution in [3.05, 3.63) is 35.9 Å². The molecule has 0 radical (unpaired) electrons. The number of benzene rings is 1. The predicted octanol–water partition coefficient (Wildman–Crippen LogP) is 1.28. The summed E-state index contributed by atoms with van der Waals surface area (Å²) < 4.78 is 57.5. The lowest BCUT2D eigenvalue weighted by Gasteiger charge is -2.48. The Balaban J connectivity index is 1.93. The molecule has 14 nitrogen and oxygen atoms in total. The maximum Gasteiger partial charge on any atom is 0.338 e. The van der Waals surface area contributed by atoms with Crippen LogP contribution in [0.15, 0.2) is 30.3 Å². The van der Waals surface area contributed by atoms with E-state index in [0.29, 0.717) is 6.61 Å². The summed E-state index contributed by atoms with van der Waals surface area (Å²) in [6.07, 6.45) is -10.3. The van der Waals surface area contributed by atoms with Crippen molar-refractivity contribution in [3.63, 3.8) is 0 Å². The molecule has 1 aromatic rings. The van der Waals surface area contributed by atoms with Crippen LogP contribution in [0.4, 0.5) is 0 Å². The third kappa shape index (κ3) is 9.41. The van der Waals surface area contributed by atoms with E-state index < -0.39 is 79.3 Å². The highest BCUT2D eigenvalue weighted by Gasteiger charge is 2.55. The van der Waals surface area contributed by atoms with Crippen LogP contribution in [0, 0.1) is 0 Å². The topological polar surface area (TPSA) is 164 Å². The molecule has 2 fully saturated rings. The van der Waals surface area contributed by atoms with E-state index in [2.05, 4.69) is 0 Å². The van der Waals surface area contributed by atoms with Gasteiger partial charge in [0.25, 0.3) is 0 Å². The summed E-state index contributed by atoms with van der Waals surface area (Å²) in [5, 5.41) is 11.1. The molecule has 248 valence electrons. The highest BCUT2D eigenvalue weighted by atomic mass is 16.8. The van der Waals surface area contributed by atoms with Crippen LogP contribution in [0.5, 0.6) is 0 Å². The molecule has 1 N–H and O–H groups in total. The fourth-order valence-corrected chi connectivity index (χ4v) is 5.06. The van der Waals surface area contributed by atoms with Gasteiger partial charge in [0.15, 0.2) is 24.8 Å². The fraction of sp³-hybridized carbons (Fsp3) is 0.700. The summed E-state index contributed by atoms with van der Waals surface area (Å²) in [6.45, 7) is 4.46. The maximum atomic E-state index is 13.2. The van der Waals surface area contributed by atoms with E-state index in [1.165, 1.54) is 35.2 Å². The first-order valence-electron chi connectivity index (χ1n) is 14.5. The molecule has 44 heavy (non-hydrogen) atoms. The van der Waals surface area contributed by atoms with Gasteiger partial charge in [-0.1, -0.05) is 43.7 Å². The average Bonchev–Trinajstić information content (AvgIpc) is 3.00. The first kappa shape index (κ1) is 35.8. The van der Waals surface area contributed by atoms with E-state index in [-0.39, 0.29) is 13.2 Å². The Labute approximate surface area is 257 Å². The van der Waals surface area contributed by atoms with Crippen molar-refractivity contribution in [2.24, 2.45) is 0 Å². The van der Waals surface area contributed by atoms with E-state index in [9.17, 15) is 19.5 Å². The Morgan fingerprint density at radius 1 is 0.818 bits per heavy atom. The van der Waals surface area contributed by atoms with E-state index >= 15 is 0 Å². The Bertz CT molecular complexity index is 1040. The lowest BCUT2D eigenvalue weighted by Crippen LogP contribution is -2.66. The molecule has 10 atom stereocenters. The zero-order chi connectivity index (χ0) is 32.2. The van der Waals surface area contributed by atoms with Crippen LogP contribution in [0.1, 0.15) is 39.2 Å². The second-order valence-electron chi connectivity index (χ2n) is 10.4. The molecule has 3 rings (SSSR count). The normalized spacial score (nSPS) is 32.1. The van der Waals surface area contributed by atoms with Gasteiger partial charge in [-0.3, -0.25) is 9.59 Å². The second-order valence-corrected chi connectivity index (χ2v) is 10.4. The summed E-state index contributed by atoms with van der Waals surface area (Å²) in [6, 6.07) is 8.96. The quantitative estimate of drug-likeness (QED) is 0.168. The molecule has 0 bridgehead atoms. The van der Waals surface area contributed by atoms with Gasteiger partial charge in [0, 0.05) is 41.8 Å². The summed E-state index contributed by atoms with van der Waals surface area (Å²) in [7, 11) is 4.16. The van der Waals surface area contributed by atoms with Crippen molar-refractivity contribution < 1.29 is 66.9 Å². The summed E-state index contributed by atoms with van der Waals surface area (Å²) >= 11 is 0. The van der Waals surface area contributed by atoms with Crippen LogP contribution < -0.4 is 0 Å². The van der Waals surface area contributed by atoms with Crippen LogP contribution in [-0.4, -0.2) is 119 Å². The molecular weight excluding hydrogens is 584 g/mol. The summed E-state index contributed by atoms with van der Waals surface area (Å²) in [5.74, 6) is -2.17. The van der Waals surface area contributed by atoms with Gasteiger partial charge in [-0.25, -0.2) is 4.79 Å². The predicted molar refractivity (Wildman–Crippen MR) is 150 cm³/mol. The molecule has 14 heteroatoms. The van der Waals surface area contributed by atoms with Gasteiger partial charge in [0.1, 0.15) is 49.8 Å². The van der Waals surface area contributed by atoms with Gasteiger partial charge in [-0.15, -0.1) is 0 Å². The highest BCUT2D eigenvalue weighted by molar-refractivity contribution is 5.76. The Hall–Kier alpha value is -2.69. The molecule has 0 aliphatic carbocycles. The van der Waals surface area contributed by atoms with Crippen molar-refractivity contribution in [2.45, 2.75) is 102 Å². The van der Waals surface area contributed by atoms with Crippen molar-refractivity contribution in [3.8, 4) is 0 Å². The minimum Gasteiger partial charge on any atom is -0.463 e. The number of unbranched alkanes of at least 4 members (excludes halogenated alkanes) is 1. The number of aliphatic hydroxyl groups excluding tert-OH is 1. The number of methoxy groups -OCH3 is 3. The van der Waals surface area contributed by atoms with Crippen molar-refractivity contribution >= 4 is 17.9 Å². The summed E-state index contributed by atoms with van der Waals surface area (Å²) in [4.78, 5) is 37.0. The number of aliphatic hydroxyl groups is 1. The fourth-order valence-electron chi connectivity index (χ4n) is 5.06. The Morgan fingerprint density at radius 2 is 1.52 bits per heavy atom. The number of carbonyl (C=O) groups excluding carboxylic acids is 3. The zero-order valence-corrected chi connectivity index (χ0v) is 26.0. The Morgan fingerprint density at radius 3 is 2.11 bits per heavy atom. The largest absolute Gasteiger partial charge is 0.463 e. The molecule has 2 saturated heterocycles. The van der Waals surface area contributed by atoms with Crippen LogP contribution >= 0.6 is 0 Å². The molecule has 0 amide bonds. The SMILES string of the molecule is CCCCOC1C(OC)[C@H](O[C@@H]2OC(C(=O)OCc3ccccc3)[C@@H](O)C(OC)C2OC(C)=O)C(COC(C)=O)O[C@@H]1OC. The van der Waals surface area contributed by atoms with E-state index in [1.807, 2.05) is 13.0 Å². The number of ether oxygens (including phenoxy) is 10. The third-order valence-electron chi connectivity index (χ3n) is 7.20. The molecule has 2 aliphatic rings. The summed E-state index contributed by atoms with van der Waals surface area (Å²) in [5.41, 5.74) is 0.720. The van der Waals surface area contributed by atoms with E-state index in [1.54, 1.807) is 24.3 Å². The number of esters is 3. The average molecular weight is 629 g/mol. The first-order chi connectivity index (χ1) is 21.1. The van der Waals surface area contributed by atoms with Gasteiger partial charge >= 0.3 is 17.9 Å². The van der Waals surface area contributed by atoms with Gasteiger partial charge in [0.2, 0.25) is 0 Å². The number of hydrogen-bond acceptors (Lipinski definition) is 14. The molecule has 0 saturated carbocycles. The molecule has 2 heterocycles. The number of carbonyl (C=O) groups is 3. The zero-order valence-electron chi connectivity index (χ0n) is 26.0. The third-order valence-corrected chi connectivity index (χ3v) is 7.20. The van der Waals surface area contributed by atoms with Crippen LogP contribution in [0.2, 0.25) is 0 Å². The lowest BCUT2D eigenvalue weighted by molar-refractivity contribution is -0.360. The number of hydrogen-bond donors (Lipinski definition) is 1. The van der Waals surface area contributed by atoms with Gasteiger partial charge in [-0.2, -0.15) is 0 Å².